The van der Waals surface area contributed by atoms with E-state index < -0.39 is 0 Å². The molecule has 2 aromatic heterocycles. The molecule has 140 valence electrons. The van der Waals surface area contributed by atoms with Crippen LogP contribution in [-0.4, -0.2) is 15.1 Å². The van der Waals surface area contributed by atoms with E-state index in [1.807, 2.05) is 30.5 Å². The number of aryl methyl sites for hydroxylation is 2. The first-order valence-electron chi connectivity index (χ1n) is 9.26. The summed E-state index contributed by atoms with van der Waals surface area (Å²) in [5.41, 5.74) is 5.95. The molecule has 4 heteroatoms. The van der Waals surface area contributed by atoms with Crippen LogP contribution < -0.4 is 0 Å². The van der Waals surface area contributed by atoms with Gasteiger partial charge in [-0.05, 0) is 61.2 Å². The number of aromatic hydroxyl groups is 1. The van der Waals surface area contributed by atoms with E-state index in [-0.39, 0.29) is 11.7 Å². The van der Waals surface area contributed by atoms with Gasteiger partial charge in [0.1, 0.15) is 11.3 Å². The molecule has 0 radical (unpaired) electrons. The lowest BCUT2D eigenvalue weighted by atomic mass is 9.82. The molecule has 0 aliphatic heterocycles. The Morgan fingerprint density at radius 1 is 1.00 bits per heavy atom. The molecule has 2 heterocycles. The maximum Gasteiger partial charge on any atom is 0.145 e. The Morgan fingerprint density at radius 3 is 2.61 bits per heavy atom. The van der Waals surface area contributed by atoms with Crippen LogP contribution in [-0.2, 0) is 6.42 Å². The third-order valence-electron chi connectivity index (χ3n) is 5.19. The van der Waals surface area contributed by atoms with Gasteiger partial charge in [-0.1, -0.05) is 41.4 Å². The number of phenols is 1. The summed E-state index contributed by atoms with van der Waals surface area (Å²) in [6, 6.07) is 16.0. The molecule has 3 nitrogen and oxygen atoms in total. The predicted octanol–water partition coefficient (Wildman–Crippen LogP) is 5.98. The van der Waals surface area contributed by atoms with Crippen molar-refractivity contribution in [3.63, 3.8) is 0 Å². The fourth-order valence-corrected chi connectivity index (χ4v) is 4.02. The van der Waals surface area contributed by atoms with Crippen molar-refractivity contribution >= 4 is 22.5 Å². The maximum atomic E-state index is 11.1. The van der Waals surface area contributed by atoms with E-state index >= 15 is 0 Å². The van der Waals surface area contributed by atoms with Crippen molar-refractivity contribution < 1.29 is 5.11 Å². The maximum absolute atomic E-state index is 11.1. The number of fused-ring (bicyclic) bond motifs is 1. The minimum atomic E-state index is -0.0620. The fraction of sp³-hybridized carbons (Fsp3) is 0.167. The zero-order chi connectivity index (χ0) is 19.7. The number of phenolic OH excluding ortho intramolecular Hbond substituents is 1. The smallest absolute Gasteiger partial charge is 0.145 e. The fourth-order valence-electron chi connectivity index (χ4n) is 3.75. The Labute approximate surface area is 169 Å². The first-order chi connectivity index (χ1) is 13.5. The molecule has 1 unspecified atom stereocenters. The molecule has 0 saturated carbocycles. The molecule has 0 amide bonds. The van der Waals surface area contributed by atoms with Crippen molar-refractivity contribution in [2.45, 2.75) is 26.2 Å². The van der Waals surface area contributed by atoms with Crippen LogP contribution in [0.25, 0.3) is 10.9 Å². The second kappa shape index (κ2) is 7.61. The summed E-state index contributed by atoms with van der Waals surface area (Å²) in [6.07, 6.45) is 6.03. The third kappa shape index (κ3) is 3.46. The minimum Gasteiger partial charge on any atom is -0.505 e. The minimum absolute atomic E-state index is 0.0620. The summed E-state index contributed by atoms with van der Waals surface area (Å²) in [7, 11) is 0. The average molecular weight is 389 g/mol. The van der Waals surface area contributed by atoms with Gasteiger partial charge in [0, 0.05) is 35.5 Å². The number of benzene rings is 2. The second-order valence-corrected chi connectivity index (χ2v) is 7.58. The number of halogens is 1. The molecule has 1 N–H and O–H groups in total. The molecular formula is C24H21ClN2O. The molecule has 0 spiro atoms. The van der Waals surface area contributed by atoms with Gasteiger partial charge < -0.3 is 5.11 Å². The van der Waals surface area contributed by atoms with Gasteiger partial charge in [-0.3, -0.25) is 9.97 Å². The van der Waals surface area contributed by atoms with Crippen LogP contribution in [0, 0.1) is 13.8 Å². The monoisotopic (exact) mass is 388 g/mol. The lowest BCUT2D eigenvalue weighted by Gasteiger charge is -2.23. The highest BCUT2D eigenvalue weighted by molar-refractivity contribution is 6.35. The quantitative estimate of drug-likeness (QED) is 0.467. The number of rotatable bonds is 4. The summed E-state index contributed by atoms with van der Waals surface area (Å²) in [4.78, 5) is 8.63. The third-order valence-corrected chi connectivity index (χ3v) is 5.51. The Bertz CT molecular complexity index is 1140. The summed E-state index contributed by atoms with van der Waals surface area (Å²) in [5.74, 6) is 0.128. The van der Waals surface area contributed by atoms with E-state index in [9.17, 15) is 5.11 Å². The Hall–Kier alpha value is -2.91. The molecule has 0 saturated heterocycles. The molecule has 4 rings (SSSR count). The standard InChI is InChI=1S/C24H21ClN2O/c1-15-7-8-16(2)19(11-15)20(12-17-5-3-9-26-14-17)21-13-22(25)18-6-4-10-27-23(18)24(21)28/h3-11,13-14,20,28H,12H2,1-2H3. The van der Waals surface area contributed by atoms with E-state index in [1.165, 1.54) is 16.7 Å². The molecular weight excluding hydrogens is 368 g/mol. The summed E-state index contributed by atoms with van der Waals surface area (Å²) >= 11 is 6.58. The van der Waals surface area contributed by atoms with Crippen molar-refractivity contribution in [2.24, 2.45) is 0 Å². The highest BCUT2D eigenvalue weighted by Crippen LogP contribution is 2.41. The highest BCUT2D eigenvalue weighted by Gasteiger charge is 2.23. The van der Waals surface area contributed by atoms with Gasteiger partial charge in [0.05, 0.1) is 5.02 Å². The van der Waals surface area contributed by atoms with Crippen molar-refractivity contribution in [3.05, 3.63) is 100.0 Å². The number of hydrogen-bond donors (Lipinski definition) is 1. The van der Waals surface area contributed by atoms with Crippen LogP contribution in [0.3, 0.4) is 0 Å². The van der Waals surface area contributed by atoms with Crippen LogP contribution in [0.1, 0.15) is 33.7 Å². The Morgan fingerprint density at radius 2 is 1.82 bits per heavy atom. The van der Waals surface area contributed by atoms with Gasteiger partial charge in [-0.15, -0.1) is 0 Å². The zero-order valence-electron chi connectivity index (χ0n) is 15.9. The van der Waals surface area contributed by atoms with Gasteiger partial charge >= 0.3 is 0 Å². The molecule has 2 aromatic carbocycles. The first kappa shape index (κ1) is 18.5. The van der Waals surface area contributed by atoms with Crippen LogP contribution in [0.2, 0.25) is 5.02 Å². The van der Waals surface area contributed by atoms with E-state index in [0.717, 1.165) is 16.5 Å². The number of nitrogens with zero attached hydrogens (tertiary/aromatic N) is 2. The summed E-state index contributed by atoms with van der Waals surface area (Å²) < 4.78 is 0. The molecule has 0 aliphatic rings. The van der Waals surface area contributed by atoms with Gasteiger partial charge in [0.2, 0.25) is 0 Å². The van der Waals surface area contributed by atoms with Crippen molar-refractivity contribution in [1.29, 1.82) is 0 Å². The Balaban J connectivity index is 1.94. The average Bonchev–Trinajstić information content (AvgIpc) is 2.72. The SMILES string of the molecule is Cc1ccc(C)c(C(Cc2cccnc2)c2cc(Cl)c3cccnc3c2O)c1. The molecule has 0 aliphatic carbocycles. The first-order valence-corrected chi connectivity index (χ1v) is 9.64. The van der Waals surface area contributed by atoms with Crippen LogP contribution >= 0.6 is 11.6 Å². The predicted molar refractivity (Wildman–Crippen MR) is 114 cm³/mol. The number of aromatic nitrogens is 2. The molecule has 0 fully saturated rings. The van der Waals surface area contributed by atoms with Crippen molar-refractivity contribution in [2.75, 3.05) is 0 Å². The molecule has 28 heavy (non-hydrogen) atoms. The van der Waals surface area contributed by atoms with Crippen LogP contribution in [0.5, 0.6) is 5.75 Å². The van der Waals surface area contributed by atoms with Crippen molar-refractivity contribution in [3.8, 4) is 5.75 Å². The largest absolute Gasteiger partial charge is 0.505 e. The molecule has 4 aromatic rings. The summed E-state index contributed by atoms with van der Waals surface area (Å²) in [5, 5.41) is 12.5. The van der Waals surface area contributed by atoms with Crippen molar-refractivity contribution in [1.82, 2.24) is 9.97 Å². The number of pyridine rings is 2. The van der Waals surface area contributed by atoms with Gasteiger partial charge in [0.15, 0.2) is 0 Å². The van der Waals surface area contributed by atoms with Gasteiger partial charge in [-0.25, -0.2) is 0 Å². The number of hydrogen-bond acceptors (Lipinski definition) is 3. The Kier molecular flexibility index (Phi) is 5.01. The topological polar surface area (TPSA) is 46.0 Å². The van der Waals surface area contributed by atoms with Gasteiger partial charge in [-0.2, -0.15) is 0 Å². The van der Waals surface area contributed by atoms with Crippen LogP contribution in [0.15, 0.2) is 67.1 Å². The lowest BCUT2D eigenvalue weighted by Crippen LogP contribution is -2.08. The lowest BCUT2D eigenvalue weighted by molar-refractivity contribution is 0.469. The highest BCUT2D eigenvalue weighted by atomic mass is 35.5. The van der Waals surface area contributed by atoms with Crippen LogP contribution in [0.4, 0.5) is 0 Å². The van der Waals surface area contributed by atoms with E-state index in [2.05, 4.69) is 48.1 Å². The zero-order valence-corrected chi connectivity index (χ0v) is 16.6. The summed E-state index contributed by atoms with van der Waals surface area (Å²) in [6.45, 7) is 4.18. The molecule has 0 bridgehead atoms. The second-order valence-electron chi connectivity index (χ2n) is 7.17. The van der Waals surface area contributed by atoms with E-state index in [1.54, 1.807) is 12.4 Å². The molecule has 1 atom stereocenters. The van der Waals surface area contributed by atoms with E-state index in [0.29, 0.717) is 17.0 Å². The van der Waals surface area contributed by atoms with Gasteiger partial charge in [0.25, 0.3) is 0 Å². The normalized spacial score (nSPS) is 12.2. The van der Waals surface area contributed by atoms with E-state index in [4.69, 9.17) is 11.6 Å².